The molecule has 5 rings (SSSR count). The Hall–Kier alpha value is -4.34. The van der Waals surface area contributed by atoms with Gasteiger partial charge in [0.1, 0.15) is 17.2 Å². The molecular formula is C38H42ClN3O5S. The largest absolute Gasteiger partial charge is 0.496 e. The number of thiazole rings is 1. The minimum absolute atomic E-state index is 0.199. The normalized spacial score (nSPS) is 11.2. The molecule has 0 atom stereocenters. The molecule has 0 unspecified atom stereocenters. The lowest BCUT2D eigenvalue weighted by molar-refractivity contribution is 0.0696. The summed E-state index contributed by atoms with van der Waals surface area (Å²) in [4.78, 5) is 31.8. The molecule has 0 radical (unpaired) electrons. The Balaban J connectivity index is 1.52. The van der Waals surface area contributed by atoms with Crippen molar-refractivity contribution in [2.75, 3.05) is 19.5 Å². The van der Waals surface area contributed by atoms with Crippen LogP contribution < -0.4 is 14.8 Å². The van der Waals surface area contributed by atoms with E-state index in [4.69, 9.17) is 26.1 Å². The molecule has 0 saturated carbocycles. The zero-order valence-corrected chi connectivity index (χ0v) is 29.7. The second kappa shape index (κ2) is 15.7. The number of aryl methyl sites for hydroxylation is 3. The second-order valence-corrected chi connectivity index (χ2v) is 13.6. The summed E-state index contributed by atoms with van der Waals surface area (Å²) >= 11 is 7.90. The molecule has 0 fully saturated rings. The molecule has 0 bridgehead atoms. The SMILES string of the molecule is CCCCCCCCc1sc(NC(=O)c2cc3cc(C)cc(C)c3n2Cc2cccc(C(=O)O)c2)nc1-c1cc(OC)c(Cl)cc1OC. The predicted octanol–water partition coefficient (Wildman–Crippen LogP) is 9.95. The van der Waals surface area contributed by atoms with Gasteiger partial charge in [-0.25, -0.2) is 9.78 Å². The number of aromatic nitrogens is 2. The number of carbonyl (C=O) groups excluding carboxylic acids is 1. The third-order valence-corrected chi connectivity index (χ3v) is 9.80. The molecular weight excluding hydrogens is 646 g/mol. The Morgan fingerprint density at radius 2 is 1.71 bits per heavy atom. The molecule has 48 heavy (non-hydrogen) atoms. The van der Waals surface area contributed by atoms with Crippen molar-refractivity contribution >= 4 is 50.8 Å². The topological polar surface area (TPSA) is 103 Å². The molecule has 0 spiro atoms. The summed E-state index contributed by atoms with van der Waals surface area (Å²) in [6.07, 6.45) is 7.77. The molecule has 2 N–H and O–H groups in total. The fourth-order valence-electron chi connectivity index (χ4n) is 6.21. The molecule has 1 amide bonds. The van der Waals surface area contributed by atoms with E-state index in [2.05, 4.69) is 24.4 Å². The van der Waals surface area contributed by atoms with Crippen LogP contribution in [0, 0.1) is 13.8 Å². The van der Waals surface area contributed by atoms with Gasteiger partial charge in [-0.15, -0.1) is 11.3 Å². The molecule has 252 valence electrons. The highest BCUT2D eigenvalue weighted by Gasteiger charge is 2.23. The number of aromatic carboxylic acids is 1. The van der Waals surface area contributed by atoms with Crippen LogP contribution >= 0.6 is 22.9 Å². The van der Waals surface area contributed by atoms with Gasteiger partial charge >= 0.3 is 5.97 Å². The first-order chi connectivity index (χ1) is 23.1. The van der Waals surface area contributed by atoms with E-state index in [0.717, 1.165) is 63.0 Å². The molecule has 0 aliphatic carbocycles. The monoisotopic (exact) mass is 687 g/mol. The van der Waals surface area contributed by atoms with Crippen molar-refractivity contribution in [1.82, 2.24) is 9.55 Å². The highest BCUT2D eigenvalue weighted by Crippen LogP contribution is 2.42. The number of unbranched alkanes of at least 4 members (excludes halogenated alkanes) is 5. The van der Waals surface area contributed by atoms with Crippen molar-refractivity contribution < 1.29 is 24.2 Å². The van der Waals surface area contributed by atoms with E-state index in [1.54, 1.807) is 38.5 Å². The van der Waals surface area contributed by atoms with E-state index < -0.39 is 5.97 Å². The van der Waals surface area contributed by atoms with E-state index >= 15 is 0 Å². The van der Waals surface area contributed by atoms with E-state index in [-0.39, 0.29) is 11.5 Å². The van der Waals surface area contributed by atoms with Crippen LogP contribution in [0.1, 0.15) is 87.9 Å². The Morgan fingerprint density at radius 3 is 2.44 bits per heavy atom. The van der Waals surface area contributed by atoms with Crippen molar-refractivity contribution in [1.29, 1.82) is 0 Å². The van der Waals surface area contributed by atoms with Crippen molar-refractivity contribution in [3.63, 3.8) is 0 Å². The Kier molecular flexibility index (Phi) is 11.4. The summed E-state index contributed by atoms with van der Waals surface area (Å²) < 4.78 is 13.2. The summed E-state index contributed by atoms with van der Waals surface area (Å²) in [6, 6.07) is 16.4. The maximum absolute atomic E-state index is 14.1. The maximum Gasteiger partial charge on any atom is 0.335 e. The average Bonchev–Trinajstić information content (AvgIpc) is 3.63. The van der Waals surface area contributed by atoms with Crippen LogP contribution in [0.15, 0.2) is 54.6 Å². The summed E-state index contributed by atoms with van der Waals surface area (Å²) in [6.45, 7) is 6.59. The van der Waals surface area contributed by atoms with Gasteiger partial charge in [-0.05, 0) is 68.1 Å². The fourth-order valence-corrected chi connectivity index (χ4v) is 7.46. The lowest BCUT2D eigenvalue weighted by Crippen LogP contribution is -2.17. The first kappa shape index (κ1) is 35.0. The molecule has 0 aliphatic heterocycles. The first-order valence-electron chi connectivity index (χ1n) is 16.3. The van der Waals surface area contributed by atoms with Crippen molar-refractivity contribution in [2.45, 2.75) is 72.3 Å². The van der Waals surface area contributed by atoms with Gasteiger partial charge in [0.05, 0.1) is 36.0 Å². The Morgan fingerprint density at radius 1 is 0.958 bits per heavy atom. The standard InChI is InChI=1S/C38H42ClN3O5S/c1-6-7-8-9-10-11-15-33-34(28-20-32(47-5)29(39)21-31(28)46-4)40-38(48-33)41-36(43)30-19-27-17-23(2)16-24(3)35(27)42(30)22-25-13-12-14-26(18-25)37(44)45/h12-14,16-21H,6-11,15,22H2,1-5H3,(H,44,45)(H,40,41,43). The lowest BCUT2D eigenvalue weighted by atomic mass is 10.0. The number of fused-ring (bicyclic) bond motifs is 1. The van der Waals surface area contributed by atoms with Crippen LogP contribution in [-0.2, 0) is 13.0 Å². The van der Waals surface area contributed by atoms with E-state index in [1.165, 1.54) is 37.0 Å². The molecule has 2 aromatic heterocycles. The predicted molar refractivity (Wildman–Crippen MR) is 195 cm³/mol. The number of halogens is 1. The van der Waals surface area contributed by atoms with E-state index in [9.17, 15) is 14.7 Å². The number of rotatable bonds is 15. The van der Waals surface area contributed by atoms with Gasteiger partial charge in [0.2, 0.25) is 0 Å². The second-order valence-electron chi connectivity index (χ2n) is 12.1. The molecule has 0 saturated heterocycles. The van der Waals surface area contributed by atoms with E-state index in [1.807, 2.05) is 36.6 Å². The number of carboxylic acids is 1. The fraction of sp³-hybridized carbons (Fsp3) is 0.342. The molecule has 10 heteroatoms. The number of carboxylic acid groups (broad SMARTS) is 1. The number of benzene rings is 3. The number of carbonyl (C=O) groups is 2. The van der Waals surface area contributed by atoms with Crippen molar-refractivity contribution in [3.8, 4) is 22.8 Å². The van der Waals surface area contributed by atoms with Crippen LogP contribution in [0.5, 0.6) is 11.5 Å². The number of anilines is 1. The van der Waals surface area contributed by atoms with Crippen LogP contribution in [0.3, 0.4) is 0 Å². The minimum atomic E-state index is -0.995. The van der Waals surface area contributed by atoms with Crippen LogP contribution in [0.25, 0.3) is 22.2 Å². The maximum atomic E-state index is 14.1. The first-order valence-corrected chi connectivity index (χ1v) is 17.5. The molecule has 0 aliphatic rings. The minimum Gasteiger partial charge on any atom is -0.496 e. The highest BCUT2D eigenvalue weighted by atomic mass is 35.5. The number of ether oxygens (including phenoxy) is 2. The Bertz CT molecular complexity index is 1950. The number of nitrogens with one attached hydrogen (secondary N) is 1. The number of nitrogens with zero attached hydrogens (tertiary/aromatic N) is 2. The van der Waals surface area contributed by atoms with Crippen LogP contribution in [-0.4, -0.2) is 40.8 Å². The van der Waals surface area contributed by atoms with Crippen molar-refractivity contribution in [2.24, 2.45) is 0 Å². The van der Waals surface area contributed by atoms with Crippen LogP contribution in [0.4, 0.5) is 5.13 Å². The summed E-state index contributed by atoms with van der Waals surface area (Å²) in [5.74, 6) is -0.212. The van der Waals surface area contributed by atoms with Crippen LogP contribution in [0.2, 0.25) is 5.02 Å². The number of methoxy groups -OCH3 is 2. The zero-order chi connectivity index (χ0) is 34.4. The van der Waals surface area contributed by atoms with Gasteiger partial charge in [0, 0.05) is 28.4 Å². The van der Waals surface area contributed by atoms with Gasteiger partial charge in [-0.2, -0.15) is 0 Å². The third kappa shape index (κ3) is 7.85. The average molecular weight is 688 g/mol. The third-order valence-electron chi connectivity index (χ3n) is 8.48. The Labute approximate surface area is 290 Å². The smallest absolute Gasteiger partial charge is 0.335 e. The number of amides is 1. The highest BCUT2D eigenvalue weighted by molar-refractivity contribution is 7.16. The summed E-state index contributed by atoms with van der Waals surface area (Å²) in [5.41, 5.74) is 5.96. The quantitative estimate of drug-likeness (QED) is 0.106. The summed E-state index contributed by atoms with van der Waals surface area (Å²) in [7, 11) is 3.17. The lowest BCUT2D eigenvalue weighted by Gasteiger charge is -2.13. The van der Waals surface area contributed by atoms with E-state index in [0.29, 0.717) is 33.9 Å². The van der Waals surface area contributed by atoms with Gasteiger partial charge in [-0.1, -0.05) is 74.4 Å². The molecule has 3 aromatic carbocycles. The molecule has 2 heterocycles. The summed E-state index contributed by atoms with van der Waals surface area (Å²) in [5, 5.41) is 14.5. The van der Waals surface area contributed by atoms with Gasteiger partial charge in [0.25, 0.3) is 5.91 Å². The van der Waals surface area contributed by atoms with Gasteiger partial charge in [0.15, 0.2) is 5.13 Å². The molecule has 5 aromatic rings. The molecule has 8 nitrogen and oxygen atoms in total. The number of hydrogen-bond donors (Lipinski definition) is 2. The van der Waals surface area contributed by atoms with Gasteiger partial charge in [-0.3, -0.25) is 10.1 Å². The van der Waals surface area contributed by atoms with Crippen molar-refractivity contribution in [3.05, 3.63) is 92.4 Å². The van der Waals surface area contributed by atoms with Gasteiger partial charge < -0.3 is 19.1 Å². The zero-order valence-electron chi connectivity index (χ0n) is 28.1. The number of hydrogen-bond acceptors (Lipinski definition) is 6.